The number of hydrogen-bond donors (Lipinski definition) is 3. The number of aromatic hydroxyl groups is 1. The van der Waals surface area contributed by atoms with Gasteiger partial charge < -0.3 is 20.4 Å². The smallest absolute Gasteiger partial charge is 0.248 e. The van der Waals surface area contributed by atoms with Crippen molar-refractivity contribution in [2.45, 2.75) is 31.9 Å². The van der Waals surface area contributed by atoms with Gasteiger partial charge in [0.1, 0.15) is 17.7 Å². The van der Waals surface area contributed by atoms with Crippen LogP contribution in [-0.4, -0.2) is 51.3 Å². The first-order valence-electron chi connectivity index (χ1n) is 9.81. The van der Waals surface area contributed by atoms with Crippen molar-refractivity contribution in [3.63, 3.8) is 0 Å². The van der Waals surface area contributed by atoms with E-state index in [0.717, 1.165) is 42.7 Å². The normalized spacial score (nSPS) is 16.0. The molecule has 1 amide bonds. The number of carbonyl (C=O) groups excluding carboxylic acids is 1. The molecule has 0 aliphatic carbocycles. The molecule has 150 valence electrons. The fourth-order valence-corrected chi connectivity index (χ4v) is 3.64. The van der Waals surface area contributed by atoms with Crippen molar-refractivity contribution in [1.82, 2.24) is 15.3 Å². The van der Waals surface area contributed by atoms with Crippen LogP contribution in [0.2, 0.25) is 0 Å². The Morgan fingerprint density at radius 3 is 2.52 bits per heavy atom. The van der Waals surface area contributed by atoms with E-state index in [2.05, 4.69) is 15.2 Å². The third-order valence-corrected chi connectivity index (χ3v) is 5.25. The van der Waals surface area contributed by atoms with Gasteiger partial charge in [-0.05, 0) is 44.0 Å². The Morgan fingerprint density at radius 1 is 1.10 bits per heavy atom. The Hall–Kier alpha value is -3.19. The molecule has 1 unspecified atom stereocenters. The number of piperidine rings is 1. The van der Waals surface area contributed by atoms with Gasteiger partial charge in [-0.2, -0.15) is 0 Å². The lowest BCUT2D eigenvalue weighted by atomic mass is 10.0. The lowest BCUT2D eigenvalue weighted by Crippen LogP contribution is -2.47. The van der Waals surface area contributed by atoms with E-state index in [4.69, 9.17) is 4.98 Å². The van der Waals surface area contributed by atoms with Gasteiger partial charge >= 0.3 is 0 Å². The molecule has 7 nitrogen and oxygen atoms in total. The molecular formula is C22H24N4O3. The van der Waals surface area contributed by atoms with E-state index in [1.165, 1.54) is 6.92 Å². The first-order valence-corrected chi connectivity index (χ1v) is 9.81. The van der Waals surface area contributed by atoms with Gasteiger partial charge in [-0.1, -0.05) is 24.3 Å². The molecule has 1 aliphatic rings. The predicted molar refractivity (Wildman–Crippen MR) is 112 cm³/mol. The summed E-state index contributed by atoms with van der Waals surface area (Å²) in [6.07, 6.45) is 0.533. The number of phenolic OH excluding ortho intramolecular Hbond substituents is 1. The monoisotopic (exact) mass is 392 g/mol. The third kappa shape index (κ3) is 4.00. The SMILES string of the molecule is CC(O)C(=O)NC1CCN(c2nc(-c3ccccc3O)nc3ccccc23)CC1. The Morgan fingerprint density at radius 2 is 1.79 bits per heavy atom. The van der Waals surface area contributed by atoms with E-state index in [9.17, 15) is 15.0 Å². The second kappa shape index (κ2) is 8.05. The Kier molecular flexibility index (Phi) is 5.31. The lowest BCUT2D eigenvalue weighted by molar-refractivity contribution is -0.129. The lowest BCUT2D eigenvalue weighted by Gasteiger charge is -2.34. The molecule has 1 atom stereocenters. The van der Waals surface area contributed by atoms with Gasteiger partial charge in [0.05, 0.1) is 11.1 Å². The third-order valence-electron chi connectivity index (χ3n) is 5.25. The van der Waals surface area contributed by atoms with Crippen molar-refractivity contribution in [2.24, 2.45) is 0 Å². The van der Waals surface area contributed by atoms with E-state index in [0.29, 0.717) is 11.4 Å². The van der Waals surface area contributed by atoms with Crippen LogP contribution in [-0.2, 0) is 4.79 Å². The summed E-state index contributed by atoms with van der Waals surface area (Å²) in [5, 5.41) is 23.5. The molecule has 7 heteroatoms. The number of carbonyl (C=O) groups is 1. The van der Waals surface area contributed by atoms with E-state index in [-0.39, 0.29) is 17.7 Å². The maximum atomic E-state index is 11.8. The van der Waals surface area contributed by atoms with Gasteiger partial charge in [-0.15, -0.1) is 0 Å². The minimum Gasteiger partial charge on any atom is -0.507 e. The zero-order chi connectivity index (χ0) is 20.4. The molecule has 2 aromatic carbocycles. The Labute approximate surface area is 169 Å². The first kappa shape index (κ1) is 19.1. The number of aliphatic hydroxyl groups excluding tert-OH is 1. The summed E-state index contributed by atoms with van der Waals surface area (Å²) in [4.78, 5) is 23.4. The van der Waals surface area contributed by atoms with E-state index in [1.807, 2.05) is 30.3 Å². The highest BCUT2D eigenvalue weighted by Gasteiger charge is 2.24. The van der Waals surface area contributed by atoms with E-state index in [1.54, 1.807) is 18.2 Å². The van der Waals surface area contributed by atoms with Gasteiger partial charge in [-0.25, -0.2) is 9.97 Å². The molecule has 0 saturated carbocycles. The van der Waals surface area contributed by atoms with Crippen LogP contribution in [0, 0.1) is 0 Å². The molecule has 29 heavy (non-hydrogen) atoms. The quantitative estimate of drug-likeness (QED) is 0.631. The predicted octanol–water partition coefficient (Wildman–Crippen LogP) is 2.47. The molecule has 0 bridgehead atoms. The summed E-state index contributed by atoms with van der Waals surface area (Å²) in [5.74, 6) is 1.13. The largest absolute Gasteiger partial charge is 0.507 e. The second-order valence-electron chi connectivity index (χ2n) is 7.35. The van der Waals surface area contributed by atoms with Crippen LogP contribution in [0.25, 0.3) is 22.3 Å². The van der Waals surface area contributed by atoms with Crippen molar-refractivity contribution < 1.29 is 15.0 Å². The average molecular weight is 392 g/mol. The number of benzene rings is 2. The summed E-state index contributed by atoms with van der Waals surface area (Å²) >= 11 is 0. The van der Waals surface area contributed by atoms with Crippen molar-refractivity contribution in [2.75, 3.05) is 18.0 Å². The number of aromatic nitrogens is 2. The van der Waals surface area contributed by atoms with Crippen LogP contribution >= 0.6 is 0 Å². The summed E-state index contributed by atoms with van der Waals surface area (Å²) in [7, 11) is 0. The van der Waals surface area contributed by atoms with Crippen LogP contribution in [0.3, 0.4) is 0 Å². The minimum atomic E-state index is -1.00. The van der Waals surface area contributed by atoms with Crippen molar-refractivity contribution in [3.05, 3.63) is 48.5 Å². The van der Waals surface area contributed by atoms with Gasteiger partial charge in [0, 0.05) is 24.5 Å². The molecule has 0 spiro atoms. The molecule has 2 heterocycles. The number of fused-ring (bicyclic) bond motifs is 1. The zero-order valence-electron chi connectivity index (χ0n) is 16.2. The summed E-state index contributed by atoms with van der Waals surface area (Å²) < 4.78 is 0. The highest BCUT2D eigenvalue weighted by atomic mass is 16.3. The summed E-state index contributed by atoms with van der Waals surface area (Å²) in [6.45, 7) is 2.93. The number of rotatable bonds is 4. The molecule has 1 fully saturated rings. The van der Waals surface area contributed by atoms with Crippen LogP contribution in [0.4, 0.5) is 5.82 Å². The number of anilines is 1. The number of para-hydroxylation sites is 2. The van der Waals surface area contributed by atoms with Crippen molar-refractivity contribution in [3.8, 4) is 17.1 Å². The minimum absolute atomic E-state index is 0.0408. The van der Waals surface area contributed by atoms with Gasteiger partial charge in [0.15, 0.2) is 5.82 Å². The van der Waals surface area contributed by atoms with Crippen molar-refractivity contribution >= 4 is 22.6 Å². The van der Waals surface area contributed by atoms with Crippen LogP contribution in [0.1, 0.15) is 19.8 Å². The first-order chi connectivity index (χ1) is 14.0. The number of nitrogens with one attached hydrogen (secondary N) is 1. The summed E-state index contributed by atoms with van der Waals surface area (Å²) in [6, 6.07) is 14.9. The maximum Gasteiger partial charge on any atom is 0.248 e. The zero-order valence-corrected chi connectivity index (χ0v) is 16.2. The molecule has 4 rings (SSSR count). The maximum absolute atomic E-state index is 11.8. The molecule has 3 aromatic rings. The molecule has 1 aliphatic heterocycles. The number of amides is 1. The summed E-state index contributed by atoms with van der Waals surface area (Å²) in [5.41, 5.74) is 1.42. The standard InChI is InChI=1S/C22H24N4O3/c1-14(27)22(29)23-15-10-12-26(13-11-15)21-16-6-2-4-8-18(16)24-20(25-21)17-7-3-5-9-19(17)28/h2-9,14-15,27-28H,10-13H2,1H3,(H,23,29). The number of nitrogens with zero attached hydrogens (tertiary/aromatic N) is 3. The Bertz CT molecular complexity index is 1030. The molecule has 1 saturated heterocycles. The fraction of sp³-hybridized carbons (Fsp3) is 0.318. The molecule has 1 aromatic heterocycles. The number of phenols is 1. The fourth-order valence-electron chi connectivity index (χ4n) is 3.64. The van der Waals surface area contributed by atoms with Crippen LogP contribution in [0.5, 0.6) is 5.75 Å². The highest BCUT2D eigenvalue weighted by molar-refractivity contribution is 5.91. The second-order valence-corrected chi connectivity index (χ2v) is 7.35. The van der Waals surface area contributed by atoms with Gasteiger partial charge in [0.2, 0.25) is 5.91 Å². The topological polar surface area (TPSA) is 98.6 Å². The molecular weight excluding hydrogens is 368 g/mol. The number of aliphatic hydroxyl groups is 1. The number of hydrogen-bond acceptors (Lipinski definition) is 6. The highest BCUT2D eigenvalue weighted by Crippen LogP contribution is 2.32. The van der Waals surface area contributed by atoms with Crippen LogP contribution < -0.4 is 10.2 Å². The van der Waals surface area contributed by atoms with Crippen LogP contribution in [0.15, 0.2) is 48.5 Å². The van der Waals surface area contributed by atoms with E-state index < -0.39 is 6.10 Å². The molecule has 3 N–H and O–H groups in total. The van der Waals surface area contributed by atoms with Gasteiger partial charge in [-0.3, -0.25) is 4.79 Å². The van der Waals surface area contributed by atoms with Gasteiger partial charge in [0.25, 0.3) is 0 Å². The van der Waals surface area contributed by atoms with E-state index >= 15 is 0 Å². The van der Waals surface area contributed by atoms with Crippen molar-refractivity contribution in [1.29, 1.82) is 0 Å². The Balaban J connectivity index is 1.64. The molecule has 0 radical (unpaired) electrons. The average Bonchev–Trinajstić information content (AvgIpc) is 2.74.